The number of halogens is 1. The molecule has 1 aromatic carbocycles. The van der Waals surface area contributed by atoms with Gasteiger partial charge in [0.25, 0.3) is 0 Å². The van der Waals surface area contributed by atoms with E-state index in [4.69, 9.17) is 16.0 Å². The van der Waals surface area contributed by atoms with E-state index in [1.165, 1.54) is 6.08 Å². The Balaban J connectivity index is 1.61. The Morgan fingerprint density at radius 1 is 1.33 bits per heavy atom. The van der Waals surface area contributed by atoms with Crippen LogP contribution in [0, 0.1) is 0 Å². The summed E-state index contributed by atoms with van der Waals surface area (Å²) in [6.45, 7) is 0.334. The van der Waals surface area contributed by atoms with Crippen LogP contribution in [0.1, 0.15) is 11.3 Å². The predicted octanol–water partition coefficient (Wildman–Crippen LogP) is 3.66. The maximum absolute atomic E-state index is 11.9. The van der Waals surface area contributed by atoms with Crippen LogP contribution in [0.4, 0.5) is 0 Å². The fourth-order valence-electron chi connectivity index (χ4n) is 2.28. The van der Waals surface area contributed by atoms with Crippen LogP contribution in [-0.2, 0) is 18.4 Å². The van der Waals surface area contributed by atoms with Gasteiger partial charge in [0.2, 0.25) is 5.91 Å². The first-order chi connectivity index (χ1) is 11.6. The second kappa shape index (κ2) is 7.19. The molecule has 0 saturated carbocycles. The first-order valence-electron chi connectivity index (χ1n) is 7.41. The van der Waals surface area contributed by atoms with E-state index in [1.807, 2.05) is 43.4 Å². The lowest BCUT2D eigenvalue weighted by molar-refractivity contribution is -0.116. The van der Waals surface area contributed by atoms with Crippen molar-refractivity contribution in [3.63, 3.8) is 0 Å². The van der Waals surface area contributed by atoms with Gasteiger partial charge < -0.3 is 9.73 Å². The lowest BCUT2D eigenvalue weighted by atomic mass is 10.2. The number of amides is 1. The Morgan fingerprint density at radius 3 is 2.92 bits per heavy atom. The predicted molar refractivity (Wildman–Crippen MR) is 93.2 cm³/mol. The summed E-state index contributed by atoms with van der Waals surface area (Å²) >= 11 is 6.05. The summed E-state index contributed by atoms with van der Waals surface area (Å²) in [5, 5.41) is 7.77. The molecule has 3 rings (SSSR count). The molecule has 1 N–H and O–H groups in total. The summed E-state index contributed by atoms with van der Waals surface area (Å²) in [5.74, 6) is 0.529. The van der Waals surface area contributed by atoms with Gasteiger partial charge in [0, 0.05) is 18.1 Å². The van der Waals surface area contributed by atoms with Gasteiger partial charge in [-0.3, -0.25) is 9.48 Å². The molecule has 2 aromatic heterocycles. The number of carbonyl (C=O) groups excluding carboxylic acids is 1. The van der Waals surface area contributed by atoms with Crippen LogP contribution in [0.15, 0.2) is 59.2 Å². The van der Waals surface area contributed by atoms with Gasteiger partial charge in [-0.05, 0) is 35.9 Å². The van der Waals surface area contributed by atoms with Crippen molar-refractivity contribution in [2.45, 2.75) is 6.54 Å². The summed E-state index contributed by atoms with van der Waals surface area (Å²) in [7, 11) is 1.83. The third-order valence-corrected chi connectivity index (χ3v) is 3.81. The number of aryl methyl sites for hydroxylation is 1. The Morgan fingerprint density at radius 2 is 2.17 bits per heavy atom. The Kier molecular flexibility index (Phi) is 4.82. The molecule has 0 radical (unpaired) electrons. The lowest BCUT2D eigenvalue weighted by Gasteiger charge is -1.99. The first-order valence-corrected chi connectivity index (χ1v) is 7.78. The van der Waals surface area contributed by atoms with Gasteiger partial charge in [0.15, 0.2) is 5.76 Å². The third-order valence-electron chi connectivity index (χ3n) is 3.47. The summed E-state index contributed by atoms with van der Waals surface area (Å²) in [6, 6.07) is 12.9. The number of aromatic nitrogens is 2. The van der Waals surface area contributed by atoms with Crippen LogP contribution in [0.5, 0.6) is 0 Å². The normalized spacial score (nSPS) is 11.1. The summed E-state index contributed by atoms with van der Waals surface area (Å²) in [4.78, 5) is 11.9. The van der Waals surface area contributed by atoms with E-state index in [2.05, 4.69) is 10.4 Å². The Bertz CT molecular complexity index is 866. The van der Waals surface area contributed by atoms with Crippen molar-refractivity contribution in [2.24, 2.45) is 7.05 Å². The van der Waals surface area contributed by atoms with E-state index < -0.39 is 0 Å². The smallest absolute Gasteiger partial charge is 0.244 e. The topological polar surface area (TPSA) is 60.1 Å². The second-order valence-corrected chi connectivity index (χ2v) is 5.60. The lowest BCUT2D eigenvalue weighted by Crippen LogP contribution is -2.20. The average Bonchev–Trinajstić information content (AvgIpc) is 3.21. The monoisotopic (exact) mass is 341 g/mol. The van der Waals surface area contributed by atoms with Crippen molar-refractivity contribution in [1.82, 2.24) is 15.1 Å². The molecule has 0 bridgehead atoms. The van der Waals surface area contributed by atoms with Crippen molar-refractivity contribution in [1.29, 1.82) is 0 Å². The maximum atomic E-state index is 11.9. The number of nitrogens with one attached hydrogen (secondary N) is 1. The van der Waals surface area contributed by atoms with Crippen LogP contribution in [0.25, 0.3) is 17.5 Å². The highest BCUT2D eigenvalue weighted by molar-refractivity contribution is 6.32. The zero-order chi connectivity index (χ0) is 16.9. The molecule has 3 aromatic rings. The number of hydrogen-bond acceptors (Lipinski definition) is 3. The van der Waals surface area contributed by atoms with E-state index in [0.717, 1.165) is 22.7 Å². The molecule has 0 fully saturated rings. The minimum atomic E-state index is -0.208. The Labute approximate surface area is 144 Å². The van der Waals surface area contributed by atoms with Gasteiger partial charge in [-0.25, -0.2) is 0 Å². The highest BCUT2D eigenvalue weighted by atomic mass is 35.5. The summed E-state index contributed by atoms with van der Waals surface area (Å²) in [6.07, 6.45) is 4.76. The molecule has 0 aliphatic heterocycles. The Hall–Kier alpha value is -2.79. The summed E-state index contributed by atoms with van der Waals surface area (Å²) in [5.41, 5.74) is 2.41. The highest BCUT2D eigenvalue weighted by Gasteiger charge is 2.10. The molecule has 0 saturated heterocycles. The molecule has 0 atom stereocenters. The van der Waals surface area contributed by atoms with Crippen molar-refractivity contribution in [3.8, 4) is 11.5 Å². The molecule has 122 valence electrons. The molecular weight excluding hydrogens is 326 g/mol. The molecule has 6 heteroatoms. The molecule has 5 nitrogen and oxygen atoms in total. The number of nitrogens with zero attached hydrogens (tertiary/aromatic N) is 2. The van der Waals surface area contributed by atoms with Gasteiger partial charge in [0.05, 0.1) is 18.5 Å². The van der Waals surface area contributed by atoms with Crippen LogP contribution < -0.4 is 5.32 Å². The van der Waals surface area contributed by atoms with Crippen LogP contribution in [0.3, 0.4) is 0 Å². The van der Waals surface area contributed by atoms with E-state index in [0.29, 0.717) is 11.6 Å². The SMILES string of the molecule is Cn1nc(CNC(=O)/C=C/c2ccccc2Cl)cc1-c1ccco1. The largest absolute Gasteiger partial charge is 0.463 e. The van der Waals surface area contributed by atoms with Gasteiger partial charge in [-0.1, -0.05) is 29.8 Å². The van der Waals surface area contributed by atoms with Gasteiger partial charge in [-0.2, -0.15) is 5.10 Å². The molecule has 24 heavy (non-hydrogen) atoms. The maximum Gasteiger partial charge on any atom is 0.244 e. The van der Waals surface area contributed by atoms with Gasteiger partial charge in [0.1, 0.15) is 5.69 Å². The fourth-order valence-corrected chi connectivity index (χ4v) is 2.48. The molecular formula is C18H16ClN3O2. The van der Waals surface area contributed by atoms with Gasteiger partial charge in [-0.15, -0.1) is 0 Å². The zero-order valence-corrected chi connectivity index (χ0v) is 13.8. The van der Waals surface area contributed by atoms with Crippen molar-refractivity contribution < 1.29 is 9.21 Å². The average molecular weight is 342 g/mol. The number of hydrogen-bond donors (Lipinski definition) is 1. The molecule has 1 amide bonds. The minimum absolute atomic E-state index is 0.208. The van der Waals surface area contributed by atoms with Crippen molar-refractivity contribution in [3.05, 3.63) is 71.1 Å². The number of carbonyl (C=O) groups is 1. The third kappa shape index (κ3) is 3.75. The van der Waals surface area contributed by atoms with E-state index in [9.17, 15) is 4.79 Å². The van der Waals surface area contributed by atoms with Crippen LogP contribution in [-0.4, -0.2) is 15.7 Å². The molecule has 2 heterocycles. The molecule has 0 aliphatic rings. The van der Waals surface area contributed by atoms with Crippen LogP contribution >= 0.6 is 11.6 Å². The second-order valence-electron chi connectivity index (χ2n) is 5.19. The molecule has 0 aliphatic carbocycles. The highest BCUT2D eigenvalue weighted by Crippen LogP contribution is 2.20. The number of rotatable bonds is 5. The van der Waals surface area contributed by atoms with Gasteiger partial charge >= 0.3 is 0 Å². The minimum Gasteiger partial charge on any atom is -0.463 e. The quantitative estimate of drug-likeness (QED) is 0.720. The molecule has 0 unspecified atom stereocenters. The van der Waals surface area contributed by atoms with E-state index in [1.54, 1.807) is 23.1 Å². The van der Waals surface area contributed by atoms with Crippen LogP contribution in [0.2, 0.25) is 5.02 Å². The fraction of sp³-hybridized carbons (Fsp3) is 0.111. The number of benzene rings is 1. The summed E-state index contributed by atoms with van der Waals surface area (Å²) < 4.78 is 7.09. The van der Waals surface area contributed by atoms with E-state index >= 15 is 0 Å². The number of furan rings is 1. The van der Waals surface area contributed by atoms with E-state index in [-0.39, 0.29) is 5.91 Å². The standard InChI is InChI=1S/C18H16ClN3O2/c1-22-16(17-7-4-10-24-17)11-14(21-22)12-20-18(23)9-8-13-5-2-3-6-15(13)19/h2-11H,12H2,1H3,(H,20,23)/b9-8+. The molecule has 0 spiro atoms. The van der Waals surface area contributed by atoms with Crippen molar-refractivity contribution in [2.75, 3.05) is 0 Å². The first kappa shape index (κ1) is 16.1. The zero-order valence-electron chi connectivity index (χ0n) is 13.1. The van der Waals surface area contributed by atoms with Crippen molar-refractivity contribution >= 4 is 23.6 Å².